The first-order chi connectivity index (χ1) is 15.5. The van der Waals surface area contributed by atoms with Gasteiger partial charge >= 0.3 is 5.97 Å². The van der Waals surface area contributed by atoms with Gasteiger partial charge in [0.25, 0.3) is 0 Å². The molecule has 0 spiro atoms. The summed E-state index contributed by atoms with van der Waals surface area (Å²) in [7, 11) is 0. The number of pyridine rings is 1. The molecule has 0 saturated heterocycles. The van der Waals surface area contributed by atoms with E-state index in [2.05, 4.69) is 26.0 Å². The van der Waals surface area contributed by atoms with E-state index >= 15 is 0 Å². The van der Waals surface area contributed by atoms with Crippen molar-refractivity contribution in [2.45, 2.75) is 0 Å². The number of nitrogen functional groups attached to an aromatic ring is 1. The summed E-state index contributed by atoms with van der Waals surface area (Å²) in [6.45, 7) is 0. The summed E-state index contributed by atoms with van der Waals surface area (Å²) in [5, 5.41) is 13.6. The van der Waals surface area contributed by atoms with E-state index in [0.29, 0.717) is 21.6 Å². The maximum absolute atomic E-state index is 11.2. The number of aromatic nitrogens is 4. The highest BCUT2D eigenvalue weighted by Gasteiger charge is 2.18. The van der Waals surface area contributed by atoms with E-state index in [1.807, 2.05) is 42.5 Å². The van der Waals surface area contributed by atoms with E-state index in [-0.39, 0.29) is 5.56 Å². The van der Waals surface area contributed by atoms with Crippen LogP contribution in [0.4, 0.5) is 5.82 Å². The molecule has 3 aromatic heterocycles. The monoisotopic (exact) mass is 485 g/mol. The maximum Gasteiger partial charge on any atom is 0.335 e. The van der Waals surface area contributed by atoms with Gasteiger partial charge < -0.3 is 10.8 Å². The number of nitrogens with zero attached hydrogens (tertiary/aromatic N) is 4. The highest BCUT2D eigenvalue weighted by atomic mass is 79.9. The molecule has 3 N–H and O–H groups in total. The van der Waals surface area contributed by atoms with E-state index in [1.54, 1.807) is 29.0 Å². The van der Waals surface area contributed by atoms with Gasteiger partial charge in [-0.15, -0.1) is 0 Å². The third-order valence-electron chi connectivity index (χ3n) is 5.17. The van der Waals surface area contributed by atoms with E-state index in [0.717, 1.165) is 27.9 Å². The predicted octanol–water partition coefficient (Wildman–Crippen LogP) is 5.17. The Morgan fingerprint density at radius 2 is 1.62 bits per heavy atom. The maximum atomic E-state index is 11.2. The van der Waals surface area contributed by atoms with Crippen LogP contribution in [-0.2, 0) is 0 Å². The number of hydrogen-bond acceptors (Lipinski definition) is 5. The number of carbonyl (C=O) groups is 1. The van der Waals surface area contributed by atoms with Gasteiger partial charge in [0.15, 0.2) is 5.65 Å². The van der Waals surface area contributed by atoms with Gasteiger partial charge in [-0.3, -0.25) is 4.98 Å². The van der Waals surface area contributed by atoms with E-state index in [9.17, 15) is 4.79 Å². The largest absolute Gasteiger partial charge is 0.478 e. The molecule has 3 heterocycles. The molecule has 156 valence electrons. The highest BCUT2D eigenvalue weighted by molar-refractivity contribution is 9.10. The van der Waals surface area contributed by atoms with Crippen LogP contribution in [0.15, 0.2) is 83.6 Å². The zero-order chi connectivity index (χ0) is 22.2. The number of carboxylic acids is 1. The zero-order valence-corrected chi connectivity index (χ0v) is 18.2. The number of halogens is 1. The van der Waals surface area contributed by atoms with Gasteiger partial charge in [0.2, 0.25) is 0 Å². The number of anilines is 1. The topological polar surface area (TPSA) is 106 Å². The Labute approximate surface area is 191 Å². The Morgan fingerprint density at radius 3 is 2.28 bits per heavy atom. The lowest BCUT2D eigenvalue weighted by molar-refractivity contribution is 0.0697. The van der Waals surface area contributed by atoms with Crippen molar-refractivity contribution in [3.63, 3.8) is 0 Å². The molecule has 0 saturated carbocycles. The fraction of sp³-hybridized carbons (Fsp3) is 0. The highest BCUT2D eigenvalue weighted by Crippen LogP contribution is 2.35. The fourth-order valence-corrected chi connectivity index (χ4v) is 3.98. The van der Waals surface area contributed by atoms with Gasteiger partial charge in [0.05, 0.1) is 27.6 Å². The Kier molecular flexibility index (Phi) is 4.91. The molecule has 5 rings (SSSR count). The van der Waals surface area contributed by atoms with Crippen LogP contribution in [-0.4, -0.2) is 30.7 Å². The molecule has 0 bridgehead atoms. The van der Waals surface area contributed by atoms with Crippen LogP contribution in [0.2, 0.25) is 0 Å². The van der Waals surface area contributed by atoms with Crippen LogP contribution in [0, 0.1) is 0 Å². The fourth-order valence-electron chi connectivity index (χ4n) is 3.49. The second kappa shape index (κ2) is 7.90. The first kappa shape index (κ1) is 19.9. The molecule has 2 aromatic carbocycles. The molecule has 7 nitrogen and oxygen atoms in total. The number of hydrogen-bond donors (Lipinski definition) is 2. The van der Waals surface area contributed by atoms with Crippen molar-refractivity contribution in [2.24, 2.45) is 0 Å². The lowest BCUT2D eigenvalue weighted by Crippen LogP contribution is -2.04. The van der Waals surface area contributed by atoms with Crippen molar-refractivity contribution in [1.82, 2.24) is 19.6 Å². The average Bonchev–Trinajstić information content (AvgIpc) is 3.26. The van der Waals surface area contributed by atoms with Crippen molar-refractivity contribution in [3.05, 3.63) is 89.2 Å². The third-order valence-corrected chi connectivity index (χ3v) is 5.95. The second-order valence-corrected chi connectivity index (χ2v) is 7.93. The molecule has 0 aliphatic heterocycles. The van der Waals surface area contributed by atoms with E-state index < -0.39 is 5.97 Å². The minimum absolute atomic E-state index is 0.202. The Bertz CT molecular complexity index is 1450. The smallest absolute Gasteiger partial charge is 0.335 e. The molecular weight excluding hydrogens is 470 g/mol. The summed E-state index contributed by atoms with van der Waals surface area (Å²) < 4.78 is 2.15. The van der Waals surface area contributed by atoms with Crippen molar-refractivity contribution in [2.75, 3.05) is 5.73 Å². The number of aromatic carboxylic acids is 1. The van der Waals surface area contributed by atoms with Crippen molar-refractivity contribution >= 4 is 33.4 Å². The number of nitrogens with two attached hydrogens (primary N) is 1. The van der Waals surface area contributed by atoms with Gasteiger partial charge in [-0.2, -0.15) is 9.61 Å². The first-order valence-corrected chi connectivity index (χ1v) is 10.5. The van der Waals surface area contributed by atoms with Gasteiger partial charge in [-0.05, 0) is 34.1 Å². The minimum Gasteiger partial charge on any atom is -0.478 e. The number of benzene rings is 2. The quantitative estimate of drug-likeness (QED) is 0.363. The summed E-state index contributed by atoms with van der Waals surface area (Å²) in [5.74, 6) is -0.588. The van der Waals surface area contributed by atoms with Crippen molar-refractivity contribution in [3.8, 4) is 33.6 Å². The number of rotatable bonds is 4. The second-order valence-electron chi connectivity index (χ2n) is 7.13. The minimum atomic E-state index is -0.983. The summed E-state index contributed by atoms with van der Waals surface area (Å²) in [6.07, 6.45) is 3.50. The van der Waals surface area contributed by atoms with Gasteiger partial charge in [0.1, 0.15) is 5.82 Å². The molecule has 5 aromatic rings. The van der Waals surface area contributed by atoms with Crippen LogP contribution in [0.5, 0.6) is 0 Å². The molecule has 0 fully saturated rings. The molecule has 0 aliphatic carbocycles. The van der Waals surface area contributed by atoms with E-state index in [4.69, 9.17) is 15.8 Å². The molecule has 32 heavy (non-hydrogen) atoms. The van der Waals surface area contributed by atoms with Crippen LogP contribution in [0.1, 0.15) is 10.4 Å². The molecule has 0 atom stereocenters. The molecule has 0 aliphatic rings. The Morgan fingerprint density at radius 1 is 0.906 bits per heavy atom. The molecule has 0 amide bonds. The van der Waals surface area contributed by atoms with Crippen LogP contribution in [0.25, 0.3) is 39.3 Å². The predicted molar refractivity (Wildman–Crippen MR) is 126 cm³/mol. The summed E-state index contributed by atoms with van der Waals surface area (Å²) in [6, 6.07) is 20.4. The van der Waals surface area contributed by atoms with Crippen LogP contribution < -0.4 is 5.73 Å². The normalized spacial score (nSPS) is 11.0. The van der Waals surface area contributed by atoms with Crippen molar-refractivity contribution in [1.29, 1.82) is 0 Å². The number of carboxylic acid groups (broad SMARTS) is 1. The van der Waals surface area contributed by atoms with Crippen LogP contribution >= 0.6 is 15.9 Å². The molecular formula is C24H16BrN5O2. The molecule has 8 heteroatoms. The zero-order valence-electron chi connectivity index (χ0n) is 16.6. The summed E-state index contributed by atoms with van der Waals surface area (Å²) in [5.41, 5.74) is 12.0. The lowest BCUT2D eigenvalue weighted by atomic mass is 10.1. The van der Waals surface area contributed by atoms with Gasteiger partial charge in [-0.25, -0.2) is 9.78 Å². The van der Waals surface area contributed by atoms with Gasteiger partial charge in [0, 0.05) is 28.5 Å². The third kappa shape index (κ3) is 3.40. The van der Waals surface area contributed by atoms with Crippen molar-refractivity contribution < 1.29 is 9.90 Å². The summed E-state index contributed by atoms with van der Waals surface area (Å²) in [4.78, 5) is 20.6. The van der Waals surface area contributed by atoms with Crippen LogP contribution in [0.3, 0.4) is 0 Å². The van der Waals surface area contributed by atoms with Gasteiger partial charge in [-0.1, -0.05) is 48.5 Å². The van der Waals surface area contributed by atoms with E-state index in [1.165, 1.54) is 12.1 Å². The molecule has 0 radical (unpaired) electrons. The lowest BCUT2D eigenvalue weighted by Gasteiger charge is -2.10. The molecule has 0 unspecified atom stereocenters. The Balaban J connectivity index is 1.60. The number of fused-ring (bicyclic) bond motifs is 1. The summed E-state index contributed by atoms with van der Waals surface area (Å²) >= 11 is 3.51. The average molecular weight is 486 g/mol. The SMILES string of the molecule is Nc1c(Br)c(-c2ccc(C(=O)O)cc2)nc2c(-c3ccc(-c4ccccc4)nc3)cnn12. The first-order valence-electron chi connectivity index (χ1n) is 9.71. The standard InChI is InChI=1S/C24H16BrN5O2/c25-20-21(15-6-8-16(9-7-15)24(31)32)29-23-18(13-28-30(23)22(20)26)17-10-11-19(27-12-17)14-4-2-1-3-5-14/h1-13H,26H2,(H,31,32). The Hall–Kier alpha value is -4.04.